The van der Waals surface area contributed by atoms with Gasteiger partial charge in [0.1, 0.15) is 0 Å². The summed E-state index contributed by atoms with van der Waals surface area (Å²) in [6.45, 7) is 11.9. The van der Waals surface area contributed by atoms with Gasteiger partial charge in [0.25, 0.3) is 0 Å². The Bertz CT molecular complexity index is 18.3. The molecule has 0 fully saturated rings. The summed E-state index contributed by atoms with van der Waals surface area (Å²) in [6.07, 6.45) is 1.00. The first-order valence-corrected chi connectivity index (χ1v) is 3.33. The van der Waals surface area contributed by atoms with Crippen molar-refractivity contribution in [2.45, 2.75) is 27.2 Å². The molecule has 0 rings (SSSR count). The van der Waals surface area contributed by atoms with Crippen LogP contribution in [-0.2, 0) is 0 Å². The highest BCUT2D eigenvalue weighted by molar-refractivity contribution is 4.27. The predicted molar refractivity (Wildman–Crippen MR) is 39.9 cm³/mol. The molecule has 1 heteroatoms. The van der Waals surface area contributed by atoms with Crippen LogP contribution in [0.1, 0.15) is 27.2 Å². The van der Waals surface area contributed by atoms with Crippen molar-refractivity contribution in [1.29, 1.82) is 0 Å². The molecule has 0 aromatic heterocycles. The third-order valence-electron chi connectivity index (χ3n) is 0.500. The first kappa shape index (κ1) is 10.9. The molecule has 0 saturated heterocycles. The minimum atomic E-state index is 1.00. The molecule has 0 aromatic carbocycles. The molecule has 0 aliphatic carbocycles. The van der Waals surface area contributed by atoms with Crippen molar-refractivity contribution >= 4 is 0 Å². The fourth-order valence-electron chi connectivity index (χ4n) is 0.250. The van der Waals surface area contributed by atoms with Crippen LogP contribution in [0.4, 0.5) is 0 Å². The molecule has 0 atom stereocenters. The van der Waals surface area contributed by atoms with E-state index in [4.69, 9.17) is 0 Å². The zero-order valence-corrected chi connectivity index (χ0v) is 6.33. The van der Waals surface area contributed by atoms with E-state index in [1.54, 1.807) is 0 Å². The second kappa shape index (κ2) is 15.8. The van der Waals surface area contributed by atoms with E-state index in [1.807, 2.05) is 6.92 Å². The first-order valence-electron chi connectivity index (χ1n) is 3.33. The number of nitrogens with one attached hydrogen (secondary N) is 1. The number of rotatable bonds is 2. The largest absolute Gasteiger partial charge is 0.317 e. The molecule has 1 N–H and O–H groups in total. The average molecular weight is 116 g/mol. The quantitative estimate of drug-likeness (QED) is 0.580. The minimum Gasteiger partial charge on any atom is -0.317 e. The maximum absolute atomic E-state index is 3.49. The summed E-state index contributed by atoms with van der Waals surface area (Å²) in [5, 5.41) is 3.11. The Labute approximate surface area is 53.5 Å². The van der Waals surface area contributed by atoms with Gasteiger partial charge < -0.3 is 5.32 Å². The Balaban J connectivity index is 0. The van der Waals surface area contributed by atoms with Gasteiger partial charge in [0.2, 0.25) is 0 Å². The fraction of sp³-hybridized carbons (Fsp3) is 0.857. The molecule has 1 nitrogen and oxygen atoms in total. The van der Waals surface area contributed by atoms with Crippen LogP contribution in [0.3, 0.4) is 0 Å². The molecule has 0 heterocycles. The number of hydrogen-bond donors (Lipinski definition) is 1. The van der Waals surface area contributed by atoms with Gasteiger partial charge in [-0.15, -0.1) is 0 Å². The maximum Gasteiger partial charge on any atom is -0.00775 e. The van der Waals surface area contributed by atoms with Gasteiger partial charge in [-0.2, -0.15) is 0 Å². The normalized spacial score (nSPS) is 7.50. The van der Waals surface area contributed by atoms with Crippen molar-refractivity contribution in [3.8, 4) is 0 Å². The molecule has 0 aromatic rings. The van der Waals surface area contributed by atoms with Crippen molar-refractivity contribution in [3.05, 3.63) is 6.92 Å². The van der Waals surface area contributed by atoms with Gasteiger partial charge in [0, 0.05) is 0 Å². The van der Waals surface area contributed by atoms with E-state index < -0.39 is 0 Å². The van der Waals surface area contributed by atoms with E-state index in [2.05, 4.69) is 26.1 Å². The minimum absolute atomic E-state index is 1.00. The lowest BCUT2D eigenvalue weighted by Crippen LogP contribution is -2.09. The summed E-state index contributed by atoms with van der Waals surface area (Å²) in [7, 11) is 0. The van der Waals surface area contributed by atoms with E-state index >= 15 is 0 Å². The van der Waals surface area contributed by atoms with Gasteiger partial charge in [-0.1, -0.05) is 34.1 Å². The molecule has 0 aliphatic rings. The van der Waals surface area contributed by atoms with Crippen LogP contribution in [0, 0.1) is 6.92 Å². The van der Waals surface area contributed by atoms with E-state index in [9.17, 15) is 0 Å². The Hall–Kier alpha value is -0.0400. The highest BCUT2D eigenvalue weighted by Crippen LogP contribution is 1.54. The van der Waals surface area contributed by atoms with E-state index in [-0.39, 0.29) is 0 Å². The first-order chi connectivity index (χ1) is 3.83. The second-order valence-electron chi connectivity index (χ2n) is 1.46. The van der Waals surface area contributed by atoms with Crippen LogP contribution in [0.25, 0.3) is 0 Å². The molecular weight excluding hydrogens is 98.1 g/mol. The van der Waals surface area contributed by atoms with Crippen molar-refractivity contribution < 1.29 is 0 Å². The summed E-state index contributed by atoms with van der Waals surface area (Å²) in [5.41, 5.74) is 0. The lowest BCUT2D eigenvalue weighted by atomic mass is 10.6. The standard InChI is InChI=1S/C4H11N.C3H7/c1-3-5-4-2;1-3-2/h5H,3-4H2,1-2H3;1,3H2,2H3. The molecule has 1 radical (unpaired) electrons. The molecular formula is C7H18N. The highest BCUT2D eigenvalue weighted by atomic mass is 14.8. The van der Waals surface area contributed by atoms with E-state index in [0.29, 0.717) is 0 Å². The van der Waals surface area contributed by atoms with Crippen LogP contribution in [-0.4, -0.2) is 13.1 Å². The monoisotopic (exact) mass is 116 g/mol. The fourth-order valence-corrected chi connectivity index (χ4v) is 0.250. The third kappa shape index (κ3) is 38.2. The maximum atomic E-state index is 3.49. The zero-order chi connectivity index (χ0) is 6.83. The molecule has 0 aliphatic heterocycles. The van der Waals surface area contributed by atoms with Gasteiger partial charge in [0.15, 0.2) is 0 Å². The highest BCUT2D eigenvalue weighted by Gasteiger charge is 1.62. The number of hydrogen-bond acceptors (Lipinski definition) is 1. The van der Waals surface area contributed by atoms with Crippen LogP contribution in [0.5, 0.6) is 0 Å². The van der Waals surface area contributed by atoms with Gasteiger partial charge in [-0.25, -0.2) is 0 Å². The van der Waals surface area contributed by atoms with Crippen molar-refractivity contribution in [1.82, 2.24) is 5.32 Å². The van der Waals surface area contributed by atoms with Crippen LogP contribution < -0.4 is 5.32 Å². The zero-order valence-electron chi connectivity index (χ0n) is 6.33. The Morgan fingerprint density at radius 2 is 1.38 bits per heavy atom. The third-order valence-corrected chi connectivity index (χ3v) is 0.500. The summed E-state index contributed by atoms with van der Waals surface area (Å²) >= 11 is 0. The van der Waals surface area contributed by atoms with Gasteiger partial charge in [-0.05, 0) is 13.1 Å². The van der Waals surface area contributed by atoms with Crippen molar-refractivity contribution in [3.63, 3.8) is 0 Å². The SMILES string of the molecule is CCNCC.[CH2]CC. The predicted octanol–water partition coefficient (Wildman–Crippen LogP) is 1.85. The average Bonchev–Trinajstić information content (AvgIpc) is 1.71. The van der Waals surface area contributed by atoms with Crippen LogP contribution in [0.15, 0.2) is 0 Å². The topological polar surface area (TPSA) is 12.0 Å². The Morgan fingerprint density at radius 1 is 1.12 bits per heavy atom. The molecule has 0 bridgehead atoms. The van der Waals surface area contributed by atoms with Gasteiger partial charge in [0.05, 0.1) is 0 Å². The molecule has 0 spiro atoms. The summed E-state index contributed by atoms with van der Waals surface area (Å²) in [5.74, 6) is 0. The molecule has 0 unspecified atom stereocenters. The van der Waals surface area contributed by atoms with Crippen LogP contribution >= 0.6 is 0 Å². The second-order valence-corrected chi connectivity index (χ2v) is 1.46. The summed E-state index contributed by atoms with van der Waals surface area (Å²) < 4.78 is 0. The lowest BCUT2D eigenvalue weighted by Gasteiger charge is -1.86. The van der Waals surface area contributed by atoms with Gasteiger partial charge >= 0.3 is 0 Å². The van der Waals surface area contributed by atoms with Crippen LogP contribution in [0.2, 0.25) is 0 Å². The summed E-state index contributed by atoms with van der Waals surface area (Å²) in [6, 6.07) is 0. The summed E-state index contributed by atoms with van der Waals surface area (Å²) in [4.78, 5) is 0. The van der Waals surface area contributed by atoms with Crippen molar-refractivity contribution in [2.75, 3.05) is 13.1 Å². The molecule has 0 amide bonds. The van der Waals surface area contributed by atoms with E-state index in [1.165, 1.54) is 0 Å². The Kier molecular flexibility index (Phi) is 21.4. The molecule has 8 heavy (non-hydrogen) atoms. The smallest absolute Gasteiger partial charge is 0.00775 e. The van der Waals surface area contributed by atoms with Crippen molar-refractivity contribution in [2.24, 2.45) is 0 Å². The molecule has 0 saturated carbocycles. The Morgan fingerprint density at radius 3 is 1.38 bits per heavy atom. The molecule has 51 valence electrons. The lowest BCUT2D eigenvalue weighted by molar-refractivity contribution is 0.762. The van der Waals surface area contributed by atoms with E-state index in [0.717, 1.165) is 19.5 Å². The van der Waals surface area contributed by atoms with Gasteiger partial charge in [-0.3, -0.25) is 0 Å².